The Balaban J connectivity index is 1.73. The van der Waals surface area contributed by atoms with Crippen LogP contribution in [-0.4, -0.2) is 46.5 Å². The molecule has 2 N–H and O–H groups in total. The first kappa shape index (κ1) is 18.3. The molecular weight excluding hydrogens is 380 g/mol. The first-order valence-corrected chi connectivity index (χ1v) is 9.82. The summed E-state index contributed by atoms with van der Waals surface area (Å²) in [7, 11) is 3.24. The molecule has 152 valence electrons. The van der Waals surface area contributed by atoms with Gasteiger partial charge in [-0.15, -0.1) is 0 Å². The molecule has 4 aromatic rings. The molecule has 1 amide bonds. The maximum atomic E-state index is 13.4. The lowest BCUT2D eigenvalue weighted by Gasteiger charge is -2.36. The number of H-pyrrole nitrogens is 2. The summed E-state index contributed by atoms with van der Waals surface area (Å²) in [4.78, 5) is 25.8. The van der Waals surface area contributed by atoms with E-state index in [1.54, 1.807) is 20.4 Å². The number of fused-ring (bicyclic) bond motifs is 3. The van der Waals surface area contributed by atoms with Crippen molar-refractivity contribution in [2.45, 2.75) is 12.5 Å². The summed E-state index contributed by atoms with van der Waals surface area (Å²) in [6.45, 7) is 0.581. The highest BCUT2D eigenvalue weighted by atomic mass is 16.5. The first-order valence-electron chi connectivity index (χ1n) is 9.82. The maximum Gasteiger partial charge on any atom is 0.272 e. The standard InChI is InChI=1S/C23H22N4O3/c1-29-19-9-5-7-16(22(19)30-2)21-20-15(14-6-3-4-8-17(14)26-20)10-11-27(21)23(28)18-12-24-13-25-18/h3-9,12-13,21,26H,10-11H2,1-2H3,(H,24,25)/t21-/m0/s1. The van der Waals surface area contributed by atoms with Crippen LogP contribution in [-0.2, 0) is 6.42 Å². The van der Waals surface area contributed by atoms with Gasteiger partial charge in [0.25, 0.3) is 5.91 Å². The highest BCUT2D eigenvalue weighted by Gasteiger charge is 2.37. The van der Waals surface area contributed by atoms with E-state index < -0.39 is 0 Å². The average Bonchev–Trinajstić information content (AvgIpc) is 3.45. The van der Waals surface area contributed by atoms with E-state index in [2.05, 4.69) is 27.1 Å². The number of amides is 1. The number of rotatable bonds is 4. The molecule has 0 saturated carbocycles. The zero-order chi connectivity index (χ0) is 20.7. The maximum absolute atomic E-state index is 13.4. The predicted molar refractivity (Wildman–Crippen MR) is 113 cm³/mol. The van der Waals surface area contributed by atoms with Gasteiger partial charge in [0.1, 0.15) is 11.7 Å². The summed E-state index contributed by atoms with van der Waals surface area (Å²) in [5.41, 5.74) is 4.62. The molecule has 0 unspecified atom stereocenters. The van der Waals surface area contributed by atoms with E-state index in [1.807, 2.05) is 35.2 Å². The Morgan fingerprint density at radius 3 is 2.77 bits per heavy atom. The number of hydrogen-bond donors (Lipinski definition) is 2. The van der Waals surface area contributed by atoms with Gasteiger partial charge in [0, 0.05) is 28.7 Å². The molecule has 3 heterocycles. The van der Waals surface area contributed by atoms with E-state index in [9.17, 15) is 4.79 Å². The Labute approximate surface area is 173 Å². The Bertz CT molecular complexity index is 1210. The third-order valence-electron chi connectivity index (χ3n) is 5.75. The second-order valence-electron chi connectivity index (χ2n) is 7.26. The number of imidazole rings is 1. The molecule has 5 rings (SSSR count). The minimum absolute atomic E-state index is 0.105. The van der Waals surface area contributed by atoms with Crippen LogP contribution in [0.5, 0.6) is 11.5 Å². The molecule has 0 spiro atoms. The zero-order valence-corrected chi connectivity index (χ0v) is 16.8. The number of aromatic amines is 2. The number of benzene rings is 2. The van der Waals surface area contributed by atoms with Crippen LogP contribution in [0.15, 0.2) is 55.0 Å². The smallest absolute Gasteiger partial charge is 0.272 e. The van der Waals surface area contributed by atoms with Crippen LogP contribution >= 0.6 is 0 Å². The van der Waals surface area contributed by atoms with E-state index in [4.69, 9.17) is 9.47 Å². The molecule has 0 saturated heterocycles. The fraction of sp³-hybridized carbons (Fsp3) is 0.217. The van der Waals surface area contributed by atoms with Gasteiger partial charge in [0.15, 0.2) is 11.5 Å². The van der Waals surface area contributed by atoms with Gasteiger partial charge in [-0.2, -0.15) is 0 Å². The molecule has 0 aliphatic carbocycles. The fourth-order valence-corrected chi connectivity index (χ4v) is 4.44. The number of ether oxygens (including phenoxy) is 2. The van der Waals surface area contributed by atoms with Crippen molar-refractivity contribution in [3.63, 3.8) is 0 Å². The van der Waals surface area contributed by atoms with Crippen molar-refractivity contribution in [3.05, 3.63) is 77.5 Å². The fourth-order valence-electron chi connectivity index (χ4n) is 4.44. The topological polar surface area (TPSA) is 83.2 Å². The Hall–Kier alpha value is -3.74. The lowest BCUT2D eigenvalue weighted by Crippen LogP contribution is -2.41. The van der Waals surface area contributed by atoms with Gasteiger partial charge in [-0.1, -0.05) is 30.3 Å². The number of aromatic nitrogens is 3. The van der Waals surface area contributed by atoms with Crippen molar-refractivity contribution in [1.29, 1.82) is 0 Å². The van der Waals surface area contributed by atoms with Gasteiger partial charge in [-0.05, 0) is 24.1 Å². The number of nitrogens with one attached hydrogen (secondary N) is 2. The zero-order valence-electron chi connectivity index (χ0n) is 16.8. The van der Waals surface area contributed by atoms with Crippen LogP contribution in [0.3, 0.4) is 0 Å². The SMILES string of the molecule is COc1cccc([C@H]2c3[nH]c4ccccc4c3CCN2C(=O)c2cnc[nH]2)c1OC. The number of carbonyl (C=O) groups excluding carboxylic acids is 1. The molecule has 1 aliphatic heterocycles. The second-order valence-corrected chi connectivity index (χ2v) is 7.26. The van der Waals surface area contributed by atoms with Crippen LogP contribution in [0.1, 0.15) is 33.4 Å². The molecule has 0 radical (unpaired) electrons. The number of para-hydroxylation sites is 2. The molecule has 2 aromatic carbocycles. The highest BCUT2D eigenvalue weighted by molar-refractivity contribution is 5.94. The van der Waals surface area contributed by atoms with E-state index in [0.717, 1.165) is 23.2 Å². The van der Waals surface area contributed by atoms with E-state index in [-0.39, 0.29) is 11.9 Å². The molecule has 0 fully saturated rings. The molecular formula is C23H22N4O3. The summed E-state index contributed by atoms with van der Waals surface area (Å²) >= 11 is 0. The Kier molecular flexibility index (Phi) is 4.43. The quantitative estimate of drug-likeness (QED) is 0.545. The van der Waals surface area contributed by atoms with Crippen LogP contribution < -0.4 is 9.47 Å². The molecule has 1 aliphatic rings. The first-order chi connectivity index (χ1) is 14.7. The summed E-state index contributed by atoms with van der Waals surface area (Å²) in [6.07, 6.45) is 3.84. The second kappa shape index (κ2) is 7.26. The molecule has 0 bridgehead atoms. The van der Waals surface area contributed by atoms with Crippen LogP contribution in [0, 0.1) is 0 Å². The van der Waals surface area contributed by atoms with Crippen molar-refractivity contribution >= 4 is 16.8 Å². The third-order valence-corrected chi connectivity index (χ3v) is 5.75. The van der Waals surface area contributed by atoms with Crippen LogP contribution in [0.4, 0.5) is 0 Å². The minimum Gasteiger partial charge on any atom is -0.493 e. The van der Waals surface area contributed by atoms with Crippen molar-refractivity contribution in [2.24, 2.45) is 0 Å². The Morgan fingerprint density at radius 1 is 1.13 bits per heavy atom. The van der Waals surface area contributed by atoms with Crippen molar-refractivity contribution in [1.82, 2.24) is 19.9 Å². The van der Waals surface area contributed by atoms with Gasteiger partial charge >= 0.3 is 0 Å². The molecule has 2 aromatic heterocycles. The normalized spacial score (nSPS) is 15.8. The molecule has 7 heteroatoms. The Morgan fingerprint density at radius 2 is 2.00 bits per heavy atom. The monoisotopic (exact) mass is 402 g/mol. The minimum atomic E-state index is -0.345. The lowest BCUT2D eigenvalue weighted by atomic mass is 9.91. The van der Waals surface area contributed by atoms with Crippen LogP contribution in [0.25, 0.3) is 10.9 Å². The summed E-state index contributed by atoms with van der Waals surface area (Å²) in [5.74, 6) is 1.15. The number of methoxy groups -OCH3 is 2. The van der Waals surface area contributed by atoms with E-state index in [0.29, 0.717) is 23.7 Å². The molecule has 30 heavy (non-hydrogen) atoms. The highest BCUT2D eigenvalue weighted by Crippen LogP contribution is 2.44. The van der Waals surface area contributed by atoms with E-state index >= 15 is 0 Å². The summed E-state index contributed by atoms with van der Waals surface area (Å²) in [6, 6.07) is 13.7. The van der Waals surface area contributed by atoms with Gasteiger partial charge in [0.05, 0.1) is 26.7 Å². The summed E-state index contributed by atoms with van der Waals surface area (Å²) < 4.78 is 11.3. The van der Waals surface area contributed by atoms with Gasteiger partial charge in [0.2, 0.25) is 0 Å². The van der Waals surface area contributed by atoms with Crippen LogP contribution in [0.2, 0.25) is 0 Å². The van der Waals surface area contributed by atoms with E-state index in [1.165, 1.54) is 17.3 Å². The molecule has 1 atom stereocenters. The van der Waals surface area contributed by atoms with Gasteiger partial charge < -0.3 is 24.3 Å². The number of carbonyl (C=O) groups is 1. The molecule has 7 nitrogen and oxygen atoms in total. The largest absolute Gasteiger partial charge is 0.493 e. The van der Waals surface area contributed by atoms with Gasteiger partial charge in [-0.3, -0.25) is 4.79 Å². The summed E-state index contributed by atoms with van der Waals surface area (Å²) in [5, 5.41) is 1.19. The van der Waals surface area contributed by atoms with Crippen molar-refractivity contribution in [3.8, 4) is 11.5 Å². The predicted octanol–water partition coefficient (Wildman–Crippen LogP) is 3.70. The third kappa shape index (κ3) is 2.74. The number of nitrogens with zero attached hydrogens (tertiary/aromatic N) is 2. The average molecular weight is 402 g/mol. The van der Waals surface area contributed by atoms with Crippen molar-refractivity contribution in [2.75, 3.05) is 20.8 Å². The lowest BCUT2D eigenvalue weighted by molar-refractivity contribution is 0.0684. The van der Waals surface area contributed by atoms with Gasteiger partial charge in [-0.25, -0.2) is 4.98 Å². The van der Waals surface area contributed by atoms with Crippen molar-refractivity contribution < 1.29 is 14.3 Å². The number of hydrogen-bond acceptors (Lipinski definition) is 4.